The maximum Gasteiger partial charge on any atom is 0.154 e. The Hall–Kier alpha value is -2.18. The van der Waals surface area contributed by atoms with Crippen molar-refractivity contribution in [3.8, 4) is 11.3 Å². The van der Waals surface area contributed by atoms with E-state index in [9.17, 15) is 0 Å². The molecule has 2 saturated heterocycles. The predicted octanol–water partition coefficient (Wildman–Crippen LogP) is 3.32. The molecule has 0 unspecified atom stereocenters. The Bertz CT molecular complexity index is 1100. The number of nitrogens with one attached hydrogen (secondary N) is 2. The smallest absolute Gasteiger partial charge is 0.154 e. The van der Waals surface area contributed by atoms with Crippen LogP contribution in [-0.4, -0.2) is 73.1 Å². The van der Waals surface area contributed by atoms with Crippen molar-refractivity contribution in [1.82, 2.24) is 20.3 Å². The second-order valence-electron chi connectivity index (χ2n) is 8.15. The molecule has 2 aliphatic rings. The van der Waals surface area contributed by atoms with Gasteiger partial charge in [-0.15, -0.1) is 0 Å². The van der Waals surface area contributed by atoms with E-state index in [1.807, 2.05) is 30.0 Å². The zero-order valence-corrected chi connectivity index (χ0v) is 21.1. The quantitative estimate of drug-likeness (QED) is 0.528. The summed E-state index contributed by atoms with van der Waals surface area (Å²) in [5, 5.41) is 6.68. The number of ether oxygens (including phenoxy) is 2. The number of halogens is 1. The fourth-order valence-electron chi connectivity index (χ4n) is 4.16. The molecule has 2 N–H and O–H groups in total. The van der Waals surface area contributed by atoms with Gasteiger partial charge in [-0.3, -0.25) is 4.98 Å². The molecule has 8 nitrogen and oxygen atoms in total. The summed E-state index contributed by atoms with van der Waals surface area (Å²) in [4.78, 5) is 15.7. The fraction of sp³-hybridized carbons (Fsp3) is 0.458. The summed E-state index contributed by atoms with van der Waals surface area (Å²) in [5.74, 6) is 0.347. The molecule has 4 heterocycles. The lowest BCUT2D eigenvalue weighted by Gasteiger charge is -2.33. The number of anilines is 2. The van der Waals surface area contributed by atoms with Crippen molar-refractivity contribution in [1.29, 1.82) is 0 Å². The first-order valence-electron chi connectivity index (χ1n) is 11.0. The molecule has 0 aliphatic carbocycles. The zero-order chi connectivity index (χ0) is 21.9. The number of fused-ring (bicyclic) bond motifs is 1. The first-order chi connectivity index (χ1) is 15.7. The summed E-state index contributed by atoms with van der Waals surface area (Å²) in [7, 11) is 0. The average Bonchev–Trinajstić information content (AvgIpc) is 2.83. The van der Waals surface area contributed by atoms with Crippen LogP contribution in [0.1, 0.15) is 14.4 Å². The SMILES string of the molecule is C.C[C@H]1CN(c2ccc(-c3cc4nccnc4c(NC[C@@H]4CNCCO4)n3)cc2F)CCO1.S.S. The minimum absolute atomic E-state index is 0. The van der Waals surface area contributed by atoms with Crippen molar-refractivity contribution >= 4 is 49.5 Å². The Balaban J connectivity index is 0.00000144. The molecule has 1 aromatic carbocycles. The van der Waals surface area contributed by atoms with Crippen LogP contribution in [0.3, 0.4) is 0 Å². The van der Waals surface area contributed by atoms with Gasteiger partial charge in [0.15, 0.2) is 5.82 Å². The molecule has 5 rings (SSSR count). The zero-order valence-electron chi connectivity index (χ0n) is 19.1. The van der Waals surface area contributed by atoms with Crippen LogP contribution in [-0.2, 0) is 9.47 Å². The lowest BCUT2D eigenvalue weighted by atomic mass is 10.1. The van der Waals surface area contributed by atoms with Crippen LogP contribution in [0, 0.1) is 5.82 Å². The molecule has 2 aliphatic heterocycles. The molecule has 2 fully saturated rings. The van der Waals surface area contributed by atoms with E-state index in [0.29, 0.717) is 66.6 Å². The Morgan fingerprint density at radius 1 is 1.14 bits per heavy atom. The van der Waals surface area contributed by atoms with Gasteiger partial charge in [-0.25, -0.2) is 14.4 Å². The normalized spacial score (nSPS) is 19.8. The number of rotatable bonds is 5. The molecule has 2 atom stereocenters. The maximum absolute atomic E-state index is 15.1. The molecule has 3 aromatic rings. The van der Waals surface area contributed by atoms with Gasteiger partial charge in [0.2, 0.25) is 0 Å². The Kier molecular flexibility index (Phi) is 11.0. The average molecular weight is 523 g/mol. The molecule has 11 heteroatoms. The van der Waals surface area contributed by atoms with Crippen LogP contribution in [0.15, 0.2) is 36.7 Å². The summed E-state index contributed by atoms with van der Waals surface area (Å²) < 4.78 is 26.4. The number of nitrogens with zero attached hydrogens (tertiary/aromatic N) is 4. The van der Waals surface area contributed by atoms with Gasteiger partial charge in [-0.1, -0.05) is 13.5 Å². The summed E-state index contributed by atoms with van der Waals surface area (Å²) >= 11 is 0. The van der Waals surface area contributed by atoms with Crippen LogP contribution in [0.2, 0.25) is 0 Å². The van der Waals surface area contributed by atoms with Gasteiger partial charge in [0.1, 0.15) is 11.3 Å². The van der Waals surface area contributed by atoms with Crippen LogP contribution in [0.4, 0.5) is 15.9 Å². The van der Waals surface area contributed by atoms with Gasteiger partial charge in [0.05, 0.1) is 42.3 Å². The standard InChI is InChI=1S/C23H27FN6O2.CH4.2H2S/c1-15-14-30(7-9-31-15)21-3-2-16(10-18(21)24)19-11-20-22(27-5-4-26-20)23(29-19)28-13-17-12-25-6-8-32-17;;;/h2-5,10-11,15,17,25H,6-9,12-14H2,1H3,(H,28,29);1H4;2*1H2/t15-,17-;;;/m0.../s1. The minimum atomic E-state index is -0.270. The summed E-state index contributed by atoms with van der Waals surface area (Å²) in [6, 6.07) is 7.11. The van der Waals surface area contributed by atoms with E-state index in [2.05, 4.69) is 20.6 Å². The first-order valence-corrected chi connectivity index (χ1v) is 11.0. The highest BCUT2D eigenvalue weighted by molar-refractivity contribution is 7.59. The first kappa shape index (κ1) is 29.1. The maximum atomic E-state index is 15.1. The number of hydrogen-bond donors (Lipinski definition) is 2. The van der Waals surface area contributed by atoms with E-state index in [1.165, 1.54) is 6.07 Å². The van der Waals surface area contributed by atoms with Crippen LogP contribution in [0.25, 0.3) is 22.3 Å². The third kappa shape index (κ3) is 6.73. The van der Waals surface area contributed by atoms with Gasteiger partial charge in [-0.05, 0) is 25.1 Å². The number of pyridine rings is 1. The Labute approximate surface area is 219 Å². The second kappa shape index (κ2) is 13.2. The lowest BCUT2D eigenvalue weighted by molar-refractivity contribution is 0.0372. The van der Waals surface area contributed by atoms with Crippen molar-refractivity contribution in [2.75, 3.05) is 56.2 Å². The number of morpholine rings is 2. The van der Waals surface area contributed by atoms with Crippen molar-refractivity contribution < 1.29 is 13.9 Å². The van der Waals surface area contributed by atoms with Crippen LogP contribution in [0.5, 0.6) is 0 Å². The van der Waals surface area contributed by atoms with Gasteiger partial charge in [-0.2, -0.15) is 27.0 Å². The minimum Gasteiger partial charge on any atom is -0.375 e. The fourth-order valence-corrected chi connectivity index (χ4v) is 4.16. The highest BCUT2D eigenvalue weighted by Gasteiger charge is 2.21. The number of benzene rings is 1. The lowest BCUT2D eigenvalue weighted by Crippen LogP contribution is -2.42. The van der Waals surface area contributed by atoms with Gasteiger partial charge in [0, 0.05) is 50.7 Å². The van der Waals surface area contributed by atoms with E-state index in [-0.39, 0.29) is 52.4 Å². The third-order valence-electron chi connectivity index (χ3n) is 5.78. The van der Waals surface area contributed by atoms with Gasteiger partial charge < -0.3 is 25.0 Å². The monoisotopic (exact) mass is 522 g/mol. The largest absolute Gasteiger partial charge is 0.375 e. The Morgan fingerprint density at radius 2 is 1.97 bits per heavy atom. The molecule has 0 radical (unpaired) electrons. The molecule has 2 aromatic heterocycles. The predicted molar refractivity (Wildman–Crippen MR) is 149 cm³/mol. The van der Waals surface area contributed by atoms with Gasteiger partial charge >= 0.3 is 0 Å². The van der Waals surface area contributed by atoms with E-state index < -0.39 is 0 Å². The molecule has 0 amide bonds. The van der Waals surface area contributed by atoms with Gasteiger partial charge in [0.25, 0.3) is 0 Å². The summed E-state index contributed by atoms with van der Waals surface area (Å²) in [5.41, 5.74) is 3.31. The molecule has 35 heavy (non-hydrogen) atoms. The summed E-state index contributed by atoms with van der Waals surface area (Å²) in [6.45, 7) is 6.88. The highest BCUT2D eigenvalue weighted by atomic mass is 32.1. The Morgan fingerprint density at radius 3 is 2.71 bits per heavy atom. The van der Waals surface area contributed by atoms with Crippen LogP contribution < -0.4 is 15.5 Å². The number of hydrogen-bond acceptors (Lipinski definition) is 8. The van der Waals surface area contributed by atoms with Crippen molar-refractivity contribution in [3.05, 3.63) is 42.5 Å². The summed E-state index contributed by atoms with van der Waals surface area (Å²) in [6.07, 6.45) is 3.42. The van der Waals surface area contributed by atoms with Crippen LogP contribution >= 0.6 is 27.0 Å². The molecule has 192 valence electrons. The molecule has 0 spiro atoms. The third-order valence-corrected chi connectivity index (χ3v) is 5.78. The molecular formula is C24H35FN6O2S2. The second-order valence-corrected chi connectivity index (χ2v) is 8.15. The van der Waals surface area contributed by atoms with Crippen molar-refractivity contribution in [2.45, 2.75) is 26.6 Å². The molecule has 0 saturated carbocycles. The number of aromatic nitrogens is 3. The highest BCUT2D eigenvalue weighted by Crippen LogP contribution is 2.30. The van der Waals surface area contributed by atoms with E-state index in [1.54, 1.807) is 12.4 Å². The van der Waals surface area contributed by atoms with E-state index >= 15 is 4.39 Å². The van der Waals surface area contributed by atoms with Crippen molar-refractivity contribution in [2.24, 2.45) is 0 Å². The molecular weight excluding hydrogens is 487 g/mol. The topological polar surface area (TPSA) is 84.4 Å². The van der Waals surface area contributed by atoms with E-state index in [4.69, 9.17) is 14.5 Å². The van der Waals surface area contributed by atoms with E-state index in [0.717, 1.165) is 13.1 Å². The molecule has 0 bridgehead atoms. The van der Waals surface area contributed by atoms with Crippen molar-refractivity contribution in [3.63, 3.8) is 0 Å².